The van der Waals surface area contributed by atoms with Gasteiger partial charge in [-0.05, 0) is 36.1 Å². The van der Waals surface area contributed by atoms with E-state index in [4.69, 9.17) is 0 Å². The van der Waals surface area contributed by atoms with Crippen molar-refractivity contribution in [3.63, 3.8) is 0 Å². The summed E-state index contributed by atoms with van der Waals surface area (Å²) in [5.74, 6) is -0.799. The van der Waals surface area contributed by atoms with Crippen molar-refractivity contribution in [3.8, 4) is 0 Å². The van der Waals surface area contributed by atoms with Crippen molar-refractivity contribution in [2.75, 3.05) is 19.6 Å². The standard InChI is InChI=1S/C21H25F2N3O/c1-15(2)20-14-26(21(27)18-8-9-24-12-19(18)23)11-3-10-25(20)13-16-4-6-17(22)7-5-16/h4-9,12,15,20H,3,10-11,13-14H2,1-2H3. The van der Waals surface area contributed by atoms with Crippen LogP contribution in [0.4, 0.5) is 8.78 Å². The van der Waals surface area contributed by atoms with Crippen LogP contribution in [0.2, 0.25) is 0 Å². The minimum absolute atomic E-state index is 0.0690. The van der Waals surface area contributed by atoms with Crippen molar-refractivity contribution in [3.05, 3.63) is 65.5 Å². The average Bonchev–Trinajstić information content (AvgIpc) is 2.86. The first-order chi connectivity index (χ1) is 13.0. The average molecular weight is 373 g/mol. The Morgan fingerprint density at radius 3 is 2.59 bits per heavy atom. The second-order valence-electron chi connectivity index (χ2n) is 7.37. The molecule has 1 atom stereocenters. The molecule has 1 fully saturated rings. The SMILES string of the molecule is CC(C)C1CN(C(=O)c2ccncc2F)CCCN1Cc1ccc(F)cc1. The highest BCUT2D eigenvalue weighted by atomic mass is 19.1. The number of carbonyl (C=O) groups excluding carboxylic acids is 1. The van der Waals surface area contributed by atoms with Crippen LogP contribution in [0.1, 0.15) is 36.2 Å². The zero-order valence-electron chi connectivity index (χ0n) is 15.7. The van der Waals surface area contributed by atoms with E-state index < -0.39 is 5.82 Å². The van der Waals surface area contributed by atoms with Crippen molar-refractivity contribution in [2.24, 2.45) is 5.92 Å². The predicted molar refractivity (Wildman–Crippen MR) is 100 cm³/mol. The molecule has 1 unspecified atom stereocenters. The Labute approximate surface area is 158 Å². The van der Waals surface area contributed by atoms with Gasteiger partial charge in [-0.2, -0.15) is 0 Å². The molecule has 1 aliphatic rings. The summed E-state index contributed by atoms with van der Waals surface area (Å²) in [6.45, 7) is 6.92. The van der Waals surface area contributed by atoms with Gasteiger partial charge in [-0.15, -0.1) is 0 Å². The maximum absolute atomic E-state index is 14.0. The van der Waals surface area contributed by atoms with Crippen LogP contribution < -0.4 is 0 Å². The van der Waals surface area contributed by atoms with E-state index in [1.807, 2.05) is 0 Å². The molecule has 0 aliphatic carbocycles. The third kappa shape index (κ3) is 4.69. The molecule has 6 heteroatoms. The van der Waals surface area contributed by atoms with Crippen LogP contribution in [0.3, 0.4) is 0 Å². The lowest BCUT2D eigenvalue weighted by Gasteiger charge is -2.34. The number of amides is 1. The number of benzene rings is 1. The Morgan fingerprint density at radius 1 is 1.19 bits per heavy atom. The van der Waals surface area contributed by atoms with Gasteiger partial charge in [-0.3, -0.25) is 14.7 Å². The van der Waals surface area contributed by atoms with Gasteiger partial charge >= 0.3 is 0 Å². The number of nitrogens with zero attached hydrogens (tertiary/aromatic N) is 3. The van der Waals surface area contributed by atoms with Crippen LogP contribution >= 0.6 is 0 Å². The molecule has 0 radical (unpaired) electrons. The number of hydrogen-bond donors (Lipinski definition) is 0. The Kier molecular flexibility index (Phi) is 6.16. The first kappa shape index (κ1) is 19.4. The van der Waals surface area contributed by atoms with Crippen LogP contribution in [-0.2, 0) is 6.54 Å². The van der Waals surface area contributed by atoms with Gasteiger partial charge in [0.05, 0.1) is 11.8 Å². The van der Waals surface area contributed by atoms with E-state index >= 15 is 0 Å². The Balaban J connectivity index is 1.77. The number of rotatable bonds is 4. The molecule has 1 aromatic heterocycles. The third-order valence-electron chi connectivity index (χ3n) is 5.11. The number of pyridine rings is 1. The fourth-order valence-corrected chi connectivity index (χ4v) is 3.62. The molecule has 0 saturated carbocycles. The molecule has 4 nitrogen and oxygen atoms in total. The summed E-state index contributed by atoms with van der Waals surface area (Å²) in [6.07, 6.45) is 3.32. The number of halogens is 2. The van der Waals surface area contributed by atoms with Crippen molar-refractivity contribution >= 4 is 5.91 Å². The summed E-state index contributed by atoms with van der Waals surface area (Å²) in [5.41, 5.74) is 1.11. The second kappa shape index (κ2) is 8.57. The van der Waals surface area contributed by atoms with Gasteiger partial charge in [0.15, 0.2) is 5.82 Å². The molecule has 1 amide bonds. The van der Waals surface area contributed by atoms with Gasteiger partial charge in [0.25, 0.3) is 5.91 Å². The molecular formula is C21H25F2N3O. The zero-order valence-corrected chi connectivity index (χ0v) is 15.7. The molecule has 144 valence electrons. The summed E-state index contributed by atoms with van der Waals surface area (Å²) in [4.78, 5) is 20.6. The Hall–Kier alpha value is -2.34. The van der Waals surface area contributed by atoms with Gasteiger partial charge in [0.1, 0.15) is 5.82 Å². The molecule has 0 bridgehead atoms. The van der Waals surface area contributed by atoms with E-state index in [2.05, 4.69) is 23.7 Å². The third-order valence-corrected chi connectivity index (χ3v) is 5.11. The van der Waals surface area contributed by atoms with Crippen LogP contribution in [0.15, 0.2) is 42.7 Å². The lowest BCUT2D eigenvalue weighted by atomic mass is 10.0. The van der Waals surface area contributed by atoms with Crippen LogP contribution in [0.5, 0.6) is 0 Å². The fourth-order valence-electron chi connectivity index (χ4n) is 3.62. The van der Waals surface area contributed by atoms with Gasteiger partial charge in [0, 0.05) is 38.4 Å². The number of hydrogen-bond acceptors (Lipinski definition) is 3. The van der Waals surface area contributed by atoms with Crippen molar-refractivity contribution in [1.82, 2.24) is 14.8 Å². The van der Waals surface area contributed by atoms with Crippen LogP contribution in [-0.4, -0.2) is 46.4 Å². The quantitative estimate of drug-likeness (QED) is 0.819. The smallest absolute Gasteiger partial charge is 0.256 e. The first-order valence-corrected chi connectivity index (χ1v) is 9.33. The highest BCUT2D eigenvalue weighted by Crippen LogP contribution is 2.22. The van der Waals surface area contributed by atoms with E-state index in [1.165, 1.54) is 24.4 Å². The van der Waals surface area contributed by atoms with Gasteiger partial charge in [-0.25, -0.2) is 8.78 Å². The summed E-state index contributed by atoms with van der Waals surface area (Å²) in [6, 6.07) is 8.12. The van der Waals surface area contributed by atoms with Gasteiger partial charge in [-0.1, -0.05) is 26.0 Å². The topological polar surface area (TPSA) is 36.4 Å². The van der Waals surface area contributed by atoms with Crippen molar-refractivity contribution in [1.29, 1.82) is 0 Å². The van der Waals surface area contributed by atoms with Crippen LogP contribution in [0.25, 0.3) is 0 Å². The molecule has 1 aromatic carbocycles. The lowest BCUT2D eigenvalue weighted by molar-refractivity contribution is 0.0697. The fraction of sp³-hybridized carbons (Fsp3) is 0.429. The summed E-state index contributed by atoms with van der Waals surface area (Å²) in [5, 5.41) is 0. The Morgan fingerprint density at radius 2 is 1.93 bits per heavy atom. The minimum Gasteiger partial charge on any atom is -0.337 e. The summed E-state index contributed by atoms with van der Waals surface area (Å²) >= 11 is 0. The van der Waals surface area contributed by atoms with E-state index in [1.54, 1.807) is 17.0 Å². The highest BCUT2D eigenvalue weighted by molar-refractivity contribution is 5.94. The predicted octanol–water partition coefficient (Wildman–Crippen LogP) is 3.73. The lowest BCUT2D eigenvalue weighted by Crippen LogP contribution is -2.45. The Bertz CT molecular complexity index is 779. The maximum Gasteiger partial charge on any atom is 0.256 e. The number of aromatic nitrogens is 1. The maximum atomic E-state index is 14.0. The van der Waals surface area contributed by atoms with Crippen molar-refractivity contribution < 1.29 is 13.6 Å². The molecule has 0 spiro atoms. The monoisotopic (exact) mass is 373 g/mol. The first-order valence-electron chi connectivity index (χ1n) is 9.33. The largest absolute Gasteiger partial charge is 0.337 e. The van der Waals surface area contributed by atoms with E-state index in [9.17, 15) is 13.6 Å². The second-order valence-corrected chi connectivity index (χ2v) is 7.37. The minimum atomic E-state index is -0.587. The van der Waals surface area contributed by atoms with E-state index in [-0.39, 0.29) is 23.3 Å². The number of carbonyl (C=O) groups is 1. The van der Waals surface area contributed by atoms with E-state index in [0.717, 1.165) is 24.7 Å². The normalized spacial score (nSPS) is 18.6. The molecule has 2 aromatic rings. The van der Waals surface area contributed by atoms with Crippen molar-refractivity contribution in [2.45, 2.75) is 32.9 Å². The molecular weight excluding hydrogens is 348 g/mol. The highest BCUT2D eigenvalue weighted by Gasteiger charge is 2.30. The molecule has 3 rings (SSSR count). The molecule has 2 heterocycles. The van der Waals surface area contributed by atoms with Crippen LogP contribution in [0, 0.1) is 17.6 Å². The zero-order chi connectivity index (χ0) is 19.4. The van der Waals surface area contributed by atoms with Gasteiger partial charge in [0.2, 0.25) is 0 Å². The molecule has 1 aliphatic heterocycles. The molecule has 0 N–H and O–H groups in total. The molecule has 1 saturated heterocycles. The summed E-state index contributed by atoms with van der Waals surface area (Å²) in [7, 11) is 0. The van der Waals surface area contributed by atoms with E-state index in [0.29, 0.717) is 25.6 Å². The molecule has 27 heavy (non-hydrogen) atoms. The summed E-state index contributed by atoms with van der Waals surface area (Å²) < 4.78 is 27.2. The van der Waals surface area contributed by atoms with Gasteiger partial charge < -0.3 is 4.90 Å².